The highest BCUT2D eigenvalue weighted by atomic mass is 32.2. The lowest BCUT2D eigenvalue weighted by Gasteiger charge is -2.14. The lowest BCUT2D eigenvalue weighted by molar-refractivity contribution is -0.147. The summed E-state index contributed by atoms with van der Waals surface area (Å²) in [7, 11) is 2.68. The molecule has 2 aromatic heterocycles. The highest BCUT2D eigenvalue weighted by molar-refractivity contribution is 8.00. The van der Waals surface area contributed by atoms with Crippen LogP contribution in [0.3, 0.4) is 0 Å². The first kappa shape index (κ1) is 21.0. The number of thioether (sulfide) groups is 1. The van der Waals surface area contributed by atoms with Crippen LogP contribution in [0.1, 0.15) is 12.7 Å². The van der Waals surface area contributed by atoms with E-state index in [1.165, 1.54) is 14.2 Å². The van der Waals surface area contributed by atoms with Crippen molar-refractivity contribution in [3.63, 3.8) is 0 Å². The van der Waals surface area contributed by atoms with Crippen LogP contribution in [0.4, 0.5) is 18.9 Å². The van der Waals surface area contributed by atoms with Crippen molar-refractivity contribution in [2.45, 2.75) is 23.5 Å². The molecule has 0 aliphatic heterocycles. The number of amides is 1. The van der Waals surface area contributed by atoms with E-state index in [0.29, 0.717) is 22.6 Å². The number of anilines is 1. The first-order valence-electron chi connectivity index (χ1n) is 9.12. The molecule has 7 nitrogen and oxygen atoms in total. The lowest BCUT2D eigenvalue weighted by Crippen LogP contribution is -2.23. The number of hydrogen-bond donors (Lipinski definition) is 1. The molecule has 1 atom stereocenters. The second-order valence-electron chi connectivity index (χ2n) is 6.76. The van der Waals surface area contributed by atoms with Crippen LogP contribution in [0, 0.1) is 0 Å². The maximum absolute atomic E-state index is 12.9. The molecular formula is C20H17F3N4O3S. The first-order valence-corrected chi connectivity index (χ1v) is 10.0. The Bertz CT molecular complexity index is 1280. The second-order valence-corrected chi connectivity index (χ2v) is 8.07. The molecule has 4 aromatic rings. The van der Waals surface area contributed by atoms with Gasteiger partial charge in [-0.2, -0.15) is 13.2 Å². The monoisotopic (exact) mass is 450 g/mol. The van der Waals surface area contributed by atoms with Gasteiger partial charge in [-0.05, 0) is 19.1 Å². The smallest absolute Gasteiger partial charge is 0.451 e. The molecule has 0 saturated carbocycles. The Morgan fingerprint density at radius 2 is 1.94 bits per heavy atom. The lowest BCUT2D eigenvalue weighted by atomic mass is 10.1. The molecule has 0 saturated heterocycles. The Kier molecular flexibility index (Phi) is 5.29. The zero-order valence-corrected chi connectivity index (χ0v) is 17.5. The topological polar surface area (TPSA) is 82.2 Å². The molecule has 4 rings (SSSR count). The van der Waals surface area contributed by atoms with E-state index in [2.05, 4.69) is 15.5 Å². The molecule has 2 heterocycles. The number of alkyl halides is 3. The molecule has 1 N–H and O–H groups in total. The number of para-hydroxylation sites is 1. The van der Waals surface area contributed by atoms with E-state index in [9.17, 15) is 18.0 Å². The number of hydrogen-bond acceptors (Lipinski definition) is 6. The zero-order valence-electron chi connectivity index (χ0n) is 16.6. The second kappa shape index (κ2) is 7.80. The van der Waals surface area contributed by atoms with E-state index in [0.717, 1.165) is 27.1 Å². The Morgan fingerprint density at radius 1 is 1.19 bits per heavy atom. The molecule has 0 unspecified atom stereocenters. The Labute approximate surface area is 178 Å². The third kappa shape index (κ3) is 3.92. The van der Waals surface area contributed by atoms with Crippen molar-refractivity contribution in [2.75, 3.05) is 12.4 Å². The van der Waals surface area contributed by atoms with E-state index in [4.69, 9.17) is 9.15 Å². The number of rotatable bonds is 5. The number of carbonyl (C=O) groups is 1. The van der Waals surface area contributed by atoms with Gasteiger partial charge in [-0.1, -0.05) is 30.0 Å². The number of methoxy groups -OCH3 is 1. The van der Waals surface area contributed by atoms with Gasteiger partial charge in [0, 0.05) is 23.9 Å². The molecule has 2 aromatic carbocycles. The minimum absolute atomic E-state index is 0.0188. The number of nitrogens with zero attached hydrogens (tertiary/aromatic N) is 3. The zero-order chi connectivity index (χ0) is 22.3. The van der Waals surface area contributed by atoms with Gasteiger partial charge in [-0.3, -0.25) is 4.79 Å². The number of carbonyl (C=O) groups excluding carboxylic acids is 1. The van der Waals surface area contributed by atoms with Crippen molar-refractivity contribution < 1.29 is 27.1 Å². The fraction of sp³-hybridized carbons (Fsp3) is 0.250. The highest BCUT2D eigenvalue weighted by Crippen LogP contribution is 2.37. The summed E-state index contributed by atoms with van der Waals surface area (Å²) in [5.74, 6) is -1.13. The van der Waals surface area contributed by atoms with Crippen LogP contribution < -0.4 is 10.1 Å². The van der Waals surface area contributed by atoms with Crippen molar-refractivity contribution in [3.8, 4) is 5.75 Å². The molecule has 0 aliphatic carbocycles. The van der Waals surface area contributed by atoms with E-state index >= 15 is 0 Å². The quantitative estimate of drug-likeness (QED) is 0.437. The average molecular weight is 450 g/mol. The summed E-state index contributed by atoms with van der Waals surface area (Å²) in [4.78, 5) is 12.7. The van der Waals surface area contributed by atoms with Crippen molar-refractivity contribution >= 4 is 45.3 Å². The molecule has 0 fully saturated rings. The van der Waals surface area contributed by atoms with Crippen LogP contribution in [0.25, 0.3) is 21.9 Å². The maximum Gasteiger partial charge on any atom is 0.451 e. The molecule has 0 aliphatic rings. The molecule has 0 bridgehead atoms. The van der Waals surface area contributed by atoms with Crippen molar-refractivity contribution in [3.05, 3.63) is 42.2 Å². The van der Waals surface area contributed by atoms with Crippen LogP contribution in [-0.2, 0) is 18.0 Å². The van der Waals surface area contributed by atoms with Gasteiger partial charge in [-0.25, -0.2) is 0 Å². The van der Waals surface area contributed by atoms with E-state index < -0.39 is 23.2 Å². The van der Waals surface area contributed by atoms with Crippen LogP contribution in [-0.4, -0.2) is 33.0 Å². The number of benzene rings is 2. The minimum Gasteiger partial charge on any atom is -0.495 e. The summed E-state index contributed by atoms with van der Waals surface area (Å²) in [6, 6.07) is 11.0. The number of aromatic nitrogens is 3. The predicted molar refractivity (Wildman–Crippen MR) is 110 cm³/mol. The van der Waals surface area contributed by atoms with Gasteiger partial charge in [0.1, 0.15) is 16.9 Å². The molecule has 1 amide bonds. The van der Waals surface area contributed by atoms with Gasteiger partial charge in [0.25, 0.3) is 0 Å². The average Bonchev–Trinajstić information content (AvgIpc) is 3.27. The van der Waals surface area contributed by atoms with Gasteiger partial charge in [0.15, 0.2) is 5.16 Å². The third-order valence-corrected chi connectivity index (χ3v) is 5.83. The number of furan rings is 1. The summed E-state index contributed by atoms with van der Waals surface area (Å²) < 4.78 is 50.8. The minimum atomic E-state index is -4.62. The van der Waals surface area contributed by atoms with Gasteiger partial charge < -0.3 is 19.0 Å². The van der Waals surface area contributed by atoms with Crippen LogP contribution in [0.15, 0.2) is 46.0 Å². The number of ether oxygens (including phenoxy) is 1. The third-order valence-electron chi connectivity index (χ3n) is 4.70. The summed E-state index contributed by atoms with van der Waals surface area (Å²) >= 11 is 0.868. The normalized spacial score (nSPS) is 13.0. The predicted octanol–water partition coefficient (Wildman–Crippen LogP) is 4.86. The molecular weight excluding hydrogens is 433 g/mol. The number of nitrogens with one attached hydrogen (secondary N) is 1. The van der Waals surface area contributed by atoms with Gasteiger partial charge in [0.2, 0.25) is 11.7 Å². The van der Waals surface area contributed by atoms with Crippen molar-refractivity contribution in [1.82, 2.24) is 14.8 Å². The molecule has 31 heavy (non-hydrogen) atoms. The fourth-order valence-electron chi connectivity index (χ4n) is 3.13. The largest absolute Gasteiger partial charge is 0.495 e. The summed E-state index contributed by atoms with van der Waals surface area (Å²) in [6.07, 6.45) is -4.62. The van der Waals surface area contributed by atoms with Gasteiger partial charge in [0.05, 0.1) is 18.0 Å². The number of halogens is 3. The Balaban J connectivity index is 1.57. The maximum atomic E-state index is 12.9. The van der Waals surface area contributed by atoms with Gasteiger partial charge in [-0.15, -0.1) is 10.2 Å². The van der Waals surface area contributed by atoms with Crippen molar-refractivity contribution in [2.24, 2.45) is 7.05 Å². The van der Waals surface area contributed by atoms with Crippen LogP contribution in [0.5, 0.6) is 5.75 Å². The molecule has 162 valence electrons. The van der Waals surface area contributed by atoms with Crippen molar-refractivity contribution in [1.29, 1.82) is 0 Å². The molecule has 0 spiro atoms. The van der Waals surface area contributed by atoms with E-state index in [-0.39, 0.29) is 5.16 Å². The number of fused-ring (bicyclic) bond motifs is 3. The molecule has 11 heteroatoms. The first-order chi connectivity index (χ1) is 14.7. The molecule has 0 radical (unpaired) electrons. The van der Waals surface area contributed by atoms with Crippen LogP contribution in [0.2, 0.25) is 0 Å². The standard InChI is InChI=1S/C20H17F3N4O3S/c1-10(31-19-26-25-18(27(19)2)20(21,22)23)17(28)24-13-9-15-12(8-16(13)29-3)11-6-4-5-7-14(11)30-15/h4-10H,1-3H3,(H,24,28)/t10-/m1/s1. The summed E-state index contributed by atoms with van der Waals surface area (Å²) in [6.45, 7) is 1.56. The summed E-state index contributed by atoms with van der Waals surface area (Å²) in [5, 5.41) is 10.5. The Hall–Kier alpha value is -3.21. The fourth-order valence-corrected chi connectivity index (χ4v) is 3.94. The van der Waals surface area contributed by atoms with Gasteiger partial charge >= 0.3 is 6.18 Å². The summed E-state index contributed by atoms with van der Waals surface area (Å²) in [5.41, 5.74) is 1.66. The Morgan fingerprint density at radius 3 is 2.61 bits per heavy atom. The van der Waals surface area contributed by atoms with E-state index in [1.54, 1.807) is 19.1 Å². The highest BCUT2D eigenvalue weighted by Gasteiger charge is 2.38. The van der Waals surface area contributed by atoms with Crippen LogP contribution >= 0.6 is 11.8 Å². The SMILES string of the molecule is COc1cc2c(cc1NC(=O)[C@@H](C)Sc1nnc(C(F)(F)F)n1C)oc1ccccc12. The van der Waals surface area contributed by atoms with E-state index in [1.807, 2.05) is 24.3 Å².